The zero-order chi connectivity index (χ0) is 26.1. The Labute approximate surface area is 221 Å². The molecule has 0 heterocycles. The molecule has 1 aliphatic carbocycles. The summed E-state index contributed by atoms with van der Waals surface area (Å²) in [5, 5.41) is 0. The molecule has 0 aromatic heterocycles. The average Bonchev–Trinajstić information content (AvgIpc) is 2.92. The van der Waals surface area contributed by atoms with E-state index >= 15 is 0 Å². The Balaban J connectivity index is 0.000000936. The fourth-order valence-corrected chi connectivity index (χ4v) is 4.50. The average molecular weight is 503 g/mol. The van der Waals surface area contributed by atoms with Crippen LogP contribution in [0.15, 0.2) is 24.3 Å². The Morgan fingerprint density at radius 1 is 0.528 bits per heavy atom. The van der Waals surface area contributed by atoms with Crippen LogP contribution in [0.4, 0.5) is 0 Å². The van der Waals surface area contributed by atoms with Crippen LogP contribution < -0.4 is 0 Å². The van der Waals surface area contributed by atoms with E-state index in [9.17, 15) is 9.59 Å². The van der Waals surface area contributed by atoms with E-state index in [-0.39, 0.29) is 0 Å². The van der Waals surface area contributed by atoms with Crippen molar-refractivity contribution in [2.75, 3.05) is 13.2 Å². The molecular weight excluding hydrogens is 448 g/mol. The summed E-state index contributed by atoms with van der Waals surface area (Å²) in [5.41, 5.74) is 0.593. The van der Waals surface area contributed by atoms with Crippen molar-refractivity contribution in [2.24, 2.45) is 0 Å². The minimum Gasteiger partial charge on any atom is -0.462 e. The van der Waals surface area contributed by atoms with Crippen molar-refractivity contribution in [3.63, 3.8) is 0 Å². The number of benzene rings is 1. The van der Waals surface area contributed by atoms with Gasteiger partial charge in [-0.05, 0) is 25.0 Å². The predicted molar refractivity (Wildman–Crippen MR) is 151 cm³/mol. The minimum atomic E-state index is -0.440. The largest absolute Gasteiger partial charge is 0.462 e. The van der Waals surface area contributed by atoms with Crippen LogP contribution in [-0.2, 0) is 9.47 Å². The second-order valence-electron chi connectivity index (χ2n) is 10.2. The molecule has 0 radical (unpaired) electrons. The zero-order valence-electron chi connectivity index (χ0n) is 23.5. The lowest BCUT2D eigenvalue weighted by Crippen LogP contribution is -2.15. The third-order valence-electron chi connectivity index (χ3n) is 6.83. The van der Waals surface area contributed by atoms with Crippen LogP contribution in [0.1, 0.15) is 163 Å². The summed E-state index contributed by atoms with van der Waals surface area (Å²) >= 11 is 0. The first kappa shape index (κ1) is 32.2. The Morgan fingerprint density at radius 3 is 1.17 bits per heavy atom. The SMILES string of the molecule is C1CCCCC1.CCCCCCCCCOC(=O)c1ccccc1C(=O)OCCCCCCCCC. The summed E-state index contributed by atoms with van der Waals surface area (Å²) in [6.45, 7) is 5.22. The van der Waals surface area contributed by atoms with Gasteiger partial charge < -0.3 is 9.47 Å². The highest BCUT2D eigenvalue weighted by Gasteiger charge is 2.18. The van der Waals surface area contributed by atoms with Gasteiger partial charge in [-0.1, -0.05) is 142 Å². The van der Waals surface area contributed by atoms with Crippen LogP contribution >= 0.6 is 0 Å². The molecule has 1 aromatic rings. The van der Waals surface area contributed by atoms with E-state index in [0.717, 1.165) is 25.7 Å². The van der Waals surface area contributed by atoms with E-state index in [0.29, 0.717) is 24.3 Å². The number of carbonyl (C=O) groups excluding carboxylic acids is 2. The van der Waals surface area contributed by atoms with Gasteiger partial charge in [-0.3, -0.25) is 0 Å². The van der Waals surface area contributed by atoms with Crippen molar-refractivity contribution in [2.45, 2.75) is 142 Å². The monoisotopic (exact) mass is 502 g/mol. The fourth-order valence-electron chi connectivity index (χ4n) is 4.50. The number of rotatable bonds is 18. The lowest BCUT2D eigenvalue weighted by atomic mass is 10.0. The van der Waals surface area contributed by atoms with E-state index in [1.54, 1.807) is 24.3 Å². The van der Waals surface area contributed by atoms with Gasteiger partial charge in [-0.25, -0.2) is 9.59 Å². The third-order valence-corrected chi connectivity index (χ3v) is 6.83. The van der Waals surface area contributed by atoms with Crippen molar-refractivity contribution in [1.29, 1.82) is 0 Å². The van der Waals surface area contributed by atoms with Gasteiger partial charge in [-0.2, -0.15) is 0 Å². The van der Waals surface area contributed by atoms with Crippen molar-refractivity contribution in [1.82, 2.24) is 0 Å². The number of hydrogen-bond donors (Lipinski definition) is 0. The molecule has 36 heavy (non-hydrogen) atoms. The van der Waals surface area contributed by atoms with Crippen molar-refractivity contribution < 1.29 is 19.1 Å². The topological polar surface area (TPSA) is 52.6 Å². The number of esters is 2. The molecular formula is C32H54O4. The van der Waals surface area contributed by atoms with Crippen molar-refractivity contribution >= 4 is 11.9 Å². The van der Waals surface area contributed by atoms with Crippen LogP contribution in [0, 0.1) is 0 Å². The van der Waals surface area contributed by atoms with E-state index in [1.807, 2.05) is 0 Å². The fraction of sp³-hybridized carbons (Fsp3) is 0.750. The standard InChI is InChI=1S/C26H42O4.C6H12/c1-3-5-7-9-11-13-17-21-29-25(27)23-19-15-16-20-24(23)26(28)30-22-18-14-12-10-8-6-4-2;1-2-4-6-5-3-1/h15-16,19-20H,3-14,17-18,21-22H2,1-2H3;1-6H2. The molecule has 0 saturated heterocycles. The molecule has 1 saturated carbocycles. The van der Waals surface area contributed by atoms with Crippen molar-refractivity contribution in [3.05, 3.63) is 35.4 Å². The number of unbranched alkanes of at least 4 members (excludes halogenated alkanes) is 12. The Morgan fingerprint density at radius 2 is 0.833 bits per heavy atom. The molecule has 0 atom stereocenters. The van der Waals surface area contributed by atoms with Crippen LogP contribution in [0.25, 0.3) is 0 Å². The lowest BCUT2D eigenvalue weighted by molar-refractivity contribution is 0.0450. The molecule has 0 unspecified atom stereocenters. The van der Waals surface area contributed by atoms with E-state index < -0.39 is 11.9 Å². The molecule has 1 aromatic carbocycles. The summed E-state index contributed by atoms with van der Waals surface area (Å²) in [6.07, 6.45) is 25.4. The lowest BCUT2D eigenvalue weighted by Gasteiger charge is -2.10. The van der Waals surface area contributed by atoms with Gasteiger partial charge in [0, 0.05) is 0 Å². The van der Waals surface area contributed by atoms with Crippen LogP contribution in [-0.4, -0.2) is 25.2 Å². The molecule has 2 rings (SSSR count). The molecule has 0 amide bonds. The highest BCUT2D eigenvalue weighted by molar-refractivity contribution is 6.03. The quantitative estimate of drug-likeness (QED) is 0.148. The summed E-state index contributed by atoms with van der Waals surface area (Å²) in [7, 11) is 0. The predicted octanol–water partition coefficient (Wildman–Crippen LogP) is 9.84. The molecule has 0 N–H and O–H groups in total. The third kappa shape index (κ3) is 16.8. The van der Waals surface area contributed by atoms with Gasteiger partial charge in [0.2, 0.25) is 0 Å². The molecule has 0 spiro atoms. The molecule has 0 bridgehead atoms. The molecule has 1 aliphatic rings. The zero-order valence-corrected chi connectivity index (χ0v) is 23.5. The summed E-state index contributed by atoms with van der Waals surface area (Å²) in [4.78, 5) is 24.8. The number of ether oxygens (including phenoxy) is 2. The summed E-state index contributed by atoms with van der Waals surface area (Å²) in [5.74, 6) is -0.881. The summed E-state index contributed by atoms with van der Waals surface area (Å²) in [6, 6.07) is 6.77. The van der Waals surface area contributed by atoms with Crippen molar-refractivity contribution in [3.8, 4) is 0 Å². The highest BCUT2D eigenvalue weighted by atomic mass is 16.5. The van der Waals surface area contributed by atoms with Gasteiger partial charge in [0.1, 0.15) is 0 Å². The van der Waals surface area contributed by atoms with Crippen LogP contribution in [0.5, 0.6) is 0 Å². The van der Waals surface area contributed by atoms with E-state index in [4.69, 9.17) is 9.47 Å². The second-order valence-corrected chi connectivity index (χ2v) is 10.2. The second kappa shape index (κ2) is 23.6. The maximum atomic E-state index is 12.4. The maximum Gasteiger partial charge on any atom is 0.339 e. The molecule has 4 nitrogen and oxygen atoms in total. The Hall–Kier alpha value is -1.84. The molecule has 1 fully saturated rings. The van der Waals surface area contributed by atoms with Gasteiger partial charge in [0.25, 0.3) is 0 Å². The normalized spacial score (nSPS) is 12.9. The minimum absolute atomic E-state index is 0.296. The highest BCUT2D eigenvalue weighted by Crippen LogP contribution is 2.16. The van der Waals surface area contributed by atoms with E-state index in [2.05, 4.69) is 13.8 Å². The Bertz CT molecular complexity index is 603. The first-order valence-corrected chi connectivity index (χ1v) is 15.1. The molecule has 4 heteroatoms. The van der Waals surface area contributed by atoms with Crippen LogP contribution in [0.2, 0.25) is 0 Å². The number of hydrogen-bond acceptors (Lipinski definition) is 4. The molecule has 206 valence electrons. The van der Waals surface area contributed by atoms with Gasteiger partial charge in [-0.15, -0.1) is 0 Å². The smallest absolute Gasteiger partial charge is 0.339 e. The van der Waals surface area contributed by atoms with Crippen LogP contribution in [0.3, 0.4) is 0 Å². The number of carbonyl (C=O) groups is 2. The molecule has 0 aliphatic heterocycles. The van der Waals surface area contributed by atoms with Gasteiger partial charge in [0.05, 0.1) is 24.3 Å². The van der Waals surface area contributed by atoms with E-state index in [1.165, 1.54) is 103 Å². The van der Waals surface area contributed by atoms with Gasteiger partial charge >= 0.3 is 11.9 Å². The summed E-state index contributed by atoms with van der Waals surface area (Å²) < 4.78 is 10.8. The first-order valence-electron chi connectivity index (χ1n) is 15.1. The maximum absolute atomic E-state index is 12.4. The Kier molecular flexibility index (Phi) is 21.1. The van der Waals surface area contributed by atoms with Gasteiger partial charge in [0.15, 0.2) is 0 Å². The first-order chi connectivity index (χ1) is 17.7.